The predicted molar refractivity (Wildman–Crippen MR) is 51.6 cm³/mol. The minimum Gasteiger partial charge on any atom is -0.237 e. The standard InChI is InChI=1S/C11H10N2/c1-3-8-7-9-4-2-6-12-11(9)13-10(8)5-1/h2,4,6-7H,1,3,5H2. The van der Waals surface area contributed by atoms with Gasteiger partial charge in [-0.2, -0.15) is 0 Å². The minimum absolute atomic E-state index is 0.892. The highest BCUT2D eigenvalue weighted by Gasteiger charge is 2.12. The van der Waals surface area contributed by atoms with Gasteiger partial charge in [0.1, 0.15) is 0 Å². The van der Waals surface area contributed by atoms with Crippen LogP contribution in [0, 0.1) is 0 Å². The Balaban J connectivity index is 2.36. The molecule has 0 spiro atoms. The molecule has 0 saturated carbocycles. The number of fused-ring (bicyclic) bond motifs is 2. The van der Waals surface area contributed by atoms with Crippen molar-refractivity contribution in [3.63, 3.8) is 0 Å². The molecule has 2 nitrogen and oxygen atoms in total. The van der Waals surface area contributed by atoms with Crippen LogP contribution in [0.1, 0.15) is 17.7 Å². The molecule has 3 rings (SSSR count). The van der Waals surface area contributed by atoms with Crippen LogP contribution in [0.3, 0.4) is 0 Å². The lowest BCUT2D eigenvalue weighted by Gasteiger charge is -2.00. The van der Waals surface area contributed by atoms with Crippen molar-refractivity contribution in [2.45, 2.75) is 19.3 Å². The zero-order valence-electron chi connectivity index (χ0n) is 7.33. The number of hydrogen-bond donors (Lipinski definition) is 0. The lowest BCUT2D eigenvalue weighted by Crippen LogP contribution is -1.90. The molecular formula is C11H10N2. The molecule has 0 unspecified atom stereocenters. The van der Waals surface area contributed by atoms with E-state index in [9.17, 15) is 0 Å². The SMILES string of the molecule is c1cnc2nc3c(cc2c1)CCC3. The van der Waals surface area contributed by atoms with Gasteiger partial charge in [-0.1, -0.05) is 0 Å². The molecule has 0 amide bonds. The maximum Gasteiger partial charge on any atom is 0.159 e. The lowest BCUT2D eigenvalue weighted by molar-refractivity contribution is 0.900. The Morgan fingerprint density at radius 2 is 2.23 bits per heavy atom. The fourth-order valence-electron chi connectivity index (χ4n) is 1.97. The maximum absolute atomic E-state index is 4.54. The van der Waals surface area contributed by atoms with Gasteiger partial charge in [-0.15, -0.1) is 0 Å². The van der Waals surface area contributed by atoms with E-state index in [0.717, 1.165) is 12.1 Å². The first-order chi connectivity index (χ1) is 6.43. The third-order valence-electron chi connectivity index (χ3n) is 2.62. The summed E-state index contributed by atoms with van der Waals surface area (Å²) in [6.07, 6.45) is 5.37. The number of aromatic nitrogens is 2. The van der Waals surface area contributed by atoms with Crippen molar-refractivity contribution in [2.24, 2.45) is 0 Å². The van der Waals surface area contributed by atoms with Gasteiger partial charge in [0, 0.05) is 17.3 Å². The van der Waals surface area contributed by atoms with Crippen LogP contribution >= 0.6 is 0 Å². The van der Waals surface area contributed by atoms with Crippen molar-refractivity contribution in [2.75, 3.05) is 0 Å². The monoisotopic (exact) mass is 170 g/mol. The van der Waals surface area contributed by atoms with E-state index in [1.807, 2.05) is 6.07 Å². The Bertz CT molecular complexity index is 420. The average Bonchev–Trinajstić information content (AvgIpc) is 2.61. The number of pyridine rings is 2. The van der Waals surface area contributed by atoms with Gasteiger partial charge >= 0.3 is 0 Å². The second-order valence-corrected chi connectivity index (χ2v) is 3.50. The Morgan fingerprint density at radius 3 is 3.23 bits per heavy atom. The number of hydrogen-bond acceptors (Lipinski definition) is 2. The van der Waals surface area contributed by atoms with Crippen LogP contribution in [0.4, 0.5) is 0 Å². The van der Waals surface area contributed by atoms with Crippen molar-refractivity contribution in [3.8, 4) is 0 Å². The highest BCUT2D eigenvalue weighted by Crippen LogP contribution is 2.23. The highest BCUT2D eigenvalue weighted by molar-refractivity contribution is 5.75. The van der Waals surface area contributed by atoms with Gasteiger partial charge < -0.3 is 0 Å². The fraction of sp³-hybridized carbons (Fsp3) is 0.273. The molecule has 13 heavy (non-hydrogen) atoms. The Hall–Kier alpha value is -1.44. The fourth-order valence-corrected chi connectivity index (χ4v) is 1.97. The molecule has 64 valence electrons. The lowest BCUT2D eigenvalue weighted by atomic mass is 10.2. The van der Waals surface area contributed by atoms with Crippen molar-refractivity contribution < 1.29 is 0 Å². The average molecular weight is 170 g/mol. The first-order valence-corrected chi connectivity index (χ1v) is 4.67. The van der Waals surface area contributed by atoms with E-state index in [0.29, 0.717) is 0 Å². The van der Waals surface area contributed by atoms with Gasteiger partial charge in [0.05, 0.1) is 0 Å². The van der Waals surface area contributed by atoms with Crippen molar-refractivity contribution in [1.29, 1.82) is 0 Å². The molecule has 0 radical (unpaired) electrons. The molecule has 0 saturated heterocycles. The molecule has 0 fully saturated rings. The molecule has 2 heterocycles. The van der Waals surface area contributed by atoms with Crippen molar-refractivity contribution in [3.05, 3.63) is 35.7 Å². The molecular weight excluding hydrogens is 160 g/mol. The molecule has 2 aromatic rings. The van der Waals surface area contributed by atoms with Crippen molar-refractivity contribution in [1.82, 2.24) is 9.97 Å². The first-order valence-electron chi connectivity index (χ1n) is 4.67. The van der Waals surface area contributed by atoms with Gasteiger partial charge in [0.15, 0.2) is 5.65 Å². The third-order valence-corrected chi connectivity index (χ3v) is 2.62. The summed E-state index contributed by atoms with van der Waals surface area (Å²) in [6, 6.07) is 6.27. The van der Waals surface area contributed by atoms with E-state index in [1.54, 1.807) is 6.20 Å². The van der Waals surface area contributed by atoms with E-state index >= 15 is 0 Å². The summed E-state index contributed by atoms with van der Waals surface area (Å²) in [5, 5.41) is 1.17. The van der Waals surface area contributed by atoms with E-state index in [1.165, 1.54) is 29.5 Å². The minimum atomic E-state index is 0.892. The largest absolute Gasteiger partial charge is 0.237 e. The summed E-state index contributed by atoms with van der Waals surface area (Å²) in [7, 11) is 0. The van der Waals surface area contributed by atoms with Crippen LogP contribution in [0.25, 0.3) is 11.0 Å². The smallest absolute Gasteiger partial charge is 0.159 e. The molecule has 0 bridgehead atoms. The van der Waals surface area contributed by atoms with Crippen molar-refractivity contribution >= 4 is 11.0 Å². The zero-order valence-corrected chi connectivity index (χ0v) is 7.33. The summed E-state index contributed by atoms with van der Waals surface area (Å²) < 4.78 is 0. The molecule has 0 N–H and O–H groups in total. The number of rotatable bonds is 0. The molecule has 1 aliphatic rings. The topological polar surface area (TPSA) is 25.8 Å². The van der Waals surface area contributed by atoms with Gasteiger partial charge in [-0.05, 0) is 43.0 Å². The van der Waals surface area contributed by atoms with Gasteiger partial charge in [0.2, 0.25) is 0 Å². The van der Waals surface area contributed by atoms with Crippen LogP contribution in [-0.2, 0) is 12.8 Å². The van der Waals surface area contributed by atoms with Crippen LogP contribution in [0.15, 0.2) is 24.4 Å². The van der Waals surface area contributed by atoms with E-state index in [-0.39, 0.29) is 0 Å². The Morgan fingerprint density at radius 1 is 1.23 bits per heavy atom. The summed E-state index contributed by atoms with van der Waals surface area (Å²) in [5.41, 5.74) is 3.56. The van der Waals surface area contributed by atoms with Crippen LogP contribution < -0.4 is 0 Å². The summed E-state index contributed by atoms with van der Waals surface area (Å²) >= 11 is 0. The van der Waals surface area contributed by atoms with E-state index < -0.39 is 0 Å². The van der Waals surface area contributed by atoms with Crippen LogP contribution in [0.2, 0.25) is 0 Å². The molecule has 2 aromatic heterocycles. The summed E-state index contributed by atoms with van der Waals surface area (Å²) in [5.74, 6) is 0. The van der Waals surface area contributed by atoms with E-state index in [4.69, 9.17) is 0 Å². The summed E-state index contributed by atoms with van der Waals surface area (Å²) in [6.45, 7) is 0. The Kier molecular flexibility index (Phi) is 1.36. The molecule has 0 atom stereocenters. The van der Waals surface area contributed by atoms with Crippen LogP contribution in [0.5, 0.6) is 0 Å². The second-order valence-electron chi connectivity index (χ2n) is 3.50. The van der Waals surface area contributed by atoms with Crippen LogP contribution in [-0.4, -0.2) is 9.97 Å². The quantitative estimate of drug-likeness (QED) is 0.605. The predicted octanol–water partition coefficient (Wildman–Crippen LogP) is 2.12. The molecule has 1 aliphatic carbocycles. The van der Waals surface area contributed by atoms with Gasteiger partial charge in [-0.3, -0.25) is 0 Å². The molecule has 2 heteroatoms. The maximum atomic E-state index is 4.54. The van der Waals surface area contributed by atoms with Gasteiger partial charge in [-0.25, -0.2) is 9.97 Å². The molecule has 0 aliphatic heterocycles. The Labute approximate surface area is 76.6 Å². The zero-order chi connectivity index (χ0) is 8.67. The number of aryl methyl sites for hydroxylation is 2. The highest BCUT2D eigenvalue weighted by atomic mass is 14.8. The molecule has 0 aromatic carbocycles. The van der Waals surface area contributed by atoms with E-state index in [2.05, 4.69) is 22.1 Å². The second kappa shape index (κ2) is 2.52. The normalized spacial score (nSPS) is 14.8. The third kappa shape index (κ3) is 1.02. The first kappa shape index (κ1) is 7.01. The summed E-state index contributed by atoms with van der Waals surface area (Å²) in [4.78, 5) is 8.79. The number of nitrogens with zero attached hydrogens (tertiary/aromatic N) is 2. The van der Waals surface area contributed by atoms with Gasteiger partial charge in [0.25, 0.3) is 0 Å².